The molecule has 2 aromatic carbocycles. The van der Waals surface area contributed by atoms with Crippen LogP contribution in [0.3, 0.4) is 0 Å². The van der Waals surface area contributed by atoms with E-state index in [9.17, 15) is 4.79 Å². The van der Waals surface area contributed by atoms with E-state index in [1.165, 1.54) is 11.3 Å². The van der Waals surface area contributed by atoms with Crippen molar-refractivity contribution in [1.82, 2.24) is 19.9 Å². The summed E-state index contributed by atoms with van der Waals surface area (Å²) in [6.45, 7) is 7.85. The standard InChI is InChI=1S/C26H31N5O2/c1-20-6-5-7-22(18-20)25-27-24(33-28-25)19-29-12-10-21(11-13-29)26(32)31-16-14-30(15-17-31)23-8-3-2-4-9-23/h2-9,18,21H,10-17,19H2,1H3. The predicted molar refractivity (Wildman–Crippen MR) is 128 cm³/mol. The van der Waals surface area contributed by atoms with Crippen LogP contribution in [0.15, 0.2) is 59.1 Å². The molecular weight excluding hydrogens is 414 g/mol. The third-order valence-electron chi connectivity index (χ3n) is 6.75. The van der Waals surface area contributed by atoms with Crippen molar-refractivity contribution in [3.63, 3.8) is 0 Å². The normalized spacial score (nSPS) is 18.0. The highest BCUT2D eigenvalue weighted by molar-refractivity contribution is 5.79. The molecule has 3 heterocycles. The molecule has 0 atom stereocenters. The summed E-state index contributed by atoms with van der Waals surface area (Å²) in [5, 5.41) is 4.15. The molecule has 1 amide bonds. The van der Waals surface area contributed by atoms with Crippen LogP contribution in [-0.4, -0.2) is 65.1 Å². The first kappa shape index (κ1) is 21.6. The van der Waals surface area contributed by atoms with Gasteiger partial charge in [0.25, 0.3) is 0 Å². The molecule has 5 rings (SSSR count). The van der Waals surface area contributed by atoms with Crippen LogP contribution in [0.4, 0.5) is 5.69 Å². The maximum absolute atomic E-state index is 13.1. The summed E-state index contributed by atoms with van der Waals surface area (Å²) in [4.78, 5) is 24.4. The second-order valence-corrected chi connectivity index (χ2v) is 9.08. The lowest BCUT2D eigenvalue weighted by Crippen LogP contribution is -2.51. The number of amides is 1. The fourth-order valence-electron chi connectivity index (χ4n) is 4.83. The van der Waals surface area contributed by atoms with Crippen LogP contribution >= 0.6 is 0 Å². The second kappa shape index (κ2) is 9.75. The van der Waals surface area contributed by atoms with E-state index >= 15 is 0 Å². The van der Waals surface area contributed by atoms with Crippen molar-refractivity contribution >= 4 is 11.6 Å². The topological polar surface area (TPSA) is 65.7 Å². The van der Waals surface area contributed by atoms with E-state index in [2.05, 4.69) is 68.2 Å². The Hall–Kier alpha value is -3.19. The zero-order valence-electron chi connectivity index (χ0n) is 19.2. The van der Waals surface area contributed by atoms with E-state index in [1.54, 1.807) is 0 Å². The Balaban J connectivity index is 1.09. The number of carbonyl (C=O) groups excluding carboxylic acids is 1. The molecule has 0 N–H and O–H groups in total. The molecular formula is C26H31N5O2. The molecule has 7 heteroatoms. The Morgan fingerprint density at radius 3 is 2.45 bits per heavy atom. The smallest absolute Gasteiger partial charge is 0.241 e. The number of carbonyl (C=O) groups is 1. The number of hydrogen-bond donors (Lipinski definition) is 0. The minimum Gasteiger partial charge on any atom is -0.368 e. The number of piperazine rings is 1. The molecule has 1 aromatic heterocycles. The number of para-hydroxylation sites is 1. The molecule has 3 aromatic rings. The molecule has 2 saturated heterocycles. The Labute approximate surface area is 195 Å². The number of likely N-dealkylation sites (tertiary alicyclic amines) is 1. The van der Waals surface area contributed by atoms with Crippen molar-refractivity contribution < 1.29 is 9.32 Å². The molecule has 0 spiro atoms. The van der Waals surface area contributed by atoms with Crippen LogP contribution in [0.2, 0.25) is 0 Å². The zero-order chi connectivity index (χ0) is 22.6. The minimum atomic E-state index is 0.120. The van der Waals surface area contributed by atoms with E-state index in [1.807, 2.05) is 18.2 Å². The van der Waals surface area contributed by atoms with Crippen LogP contribution in [-0.2, 0) is 11.3 Å². The number of piperidine rings is 1. The first-order valence-electron chi connectivity index (χ1n) is 11.9. The molecule has 2 fully saturated rings. The zero-order valence-corrected chi connectivity index (χ0v) is 19.2. The maximum atomic E-state index is 13.1. The van der Waals surface area contributed by atoms with E-state index in [-0.39, 0.29) is 5.92 Å². The van der Waals surface area contributed by atoms with Gasteiger partial charge in [-0.3, -0.25) is 9.69 Å². The van der Waals surface area contributed by atoms with Gasteiger partial charge in [-0.25, -0.2) is 0 Å². The molecule has 2 aliphatic heterocycles. The number of anilines is 1. The van der Waals surface area contributed by atoms with Gasteiger partial charge in [0.1, 0.15) is 0 Å². The highest BCUT2D eigenvalue weighted by Gasteiger charge is 2.31. The lowest BCUT2D eigenvalue weighted by Gasteiger charge is -2.39. The van der Waals surface area contributed by atoms with Gasteiger partial charge in [0.05, 0.1) is 6.54 Å². The molecule has 2 aliphatic rings. The summed E-state index contributed by atoms with van der Waals surface area (Å²) < 4.78 is 5.50. The van der Waals surface area contributed by atoms with Crippen LogP contribution in [0, 0.1) is 12.8 Å². The molecule has 172 valence electrons. The van der Waals surface area contributed by atoms with Crippen molar-refractivity contribution in [3.05, 3.63) is 66.1 Å². The molecule has 0 bridgehead atoms. The minimum absolute atomic E-state index is 0.120. The van der Waals surface area contributed by atoms with Gasteiger partial charge in [-0.2, -0.15) is 4.98 Å². The molecule has 7 nitrogen and oxygen atoms in total. The van der Waals surface area contributed by atoms with E-state index < -0.39 is 0 Å². The van der Waals surface area contributed by atoms with E-state index in [0.29, 0.717) is 24.2 Å². The third kappa shape index (κ3) is 5.09. The summed E-state index contributed by atoms with van der Waals surface area (Å²) in [5.41, 5.74) is 3.39. The fourth-order valence-corrected chi connectivity index (χ4v) is 4.83. The summed E-state index contributed by atoms with van der Waals surface area (Å²) in [6.07, 6.45) is 1.77. The van der Waals surface area contributed by atoms with Crippen LogP contribution in [0.5, 0.6) is 0 Å². The summed E-state index contributed by atoms with van der Waals surface area (Å²) in [6, 6.07) is 18.6. The Morgan fingerprint density at radius 2 is 1.73 bits per heavy atom. The fraction of sp³-hybridized carbons (Fsp3) is 0.423. The van der Waals surface area contributed by atoms with Crippen molar-refractivity contribution in [2.75, 3.05) is 44.2 Å². The first-order valence-corrected chi connectivity index (χ1v) is 11.9. The van der Waals surface area contributed by atoms with Gasteiger partial charge in [0, 0.05) is 43.3 Å². The quantitative estimate of drug-likeness (QED) is 0.598. The number of hydrogen-bond acceptors (Lipinski definition) is 6. The van der Waals surface area contributed by atoms with Gasteiger partial charge >= 0.3 is 0 Å². The Bertz CT molecular complexity index is 1070. The number of rotatable bonds is 5. The van der Waals surface area contributed by atoms with Gasteiger partial charge < -0.3 is 14.3 Å². The van der Waals surface area contributed by atoms with Gasteiger partial charge in [0.2, 0.25) is 17.6 Å². The number of aromatic nitrogens is 2. The first-order chi connectivity index (χ1) is 16.2. The summed E-state index contributed by atoms with van der Waals surface area (Å²) >= 11 is 0. The lowest BCUT2D eigenvalue weighted by molar-refractivity contribution is -0.137. The molecule has 33 heavy (non-hydrogen) atoms. The number of nitrogens with zero attached hydrogens (tertiary/aromatic N) is 5. The van der Waals surface area contributed by atoms with Gasteiger partial charge in [0.15, 0.2) is 0 Å². The van der Waals surface area contributed by atoms with Gasteiger partial charge in [-0.1, -0.05) is 47.1 Å². The highest BCUT2D eigenvalue weighted by Crippen LogP contribution is 2.24. The highest BCUT2D eigenvalue weighted by atomic mass is 16.5. The third-order valence-corrected chi connectivity index (χ3v) is 6.75. The lowest BCUT2D eigenvalue weighted by atomic mass is 9.95. The van der Waals surface area contributed by atoms with E-state index in [0.717, 1.165) is 57.7 Å². The van der Waals surface area contributed by atoms with Crippen molar-refractivity contribution in [3.8, 4) is 11.4 Å². The average molecular weight is 446 g/mol. The van der Waals surface area contributed by atoms with Crippen LogP contribution in [0.1, 0.15) is 24.3 Å². The number of benzene rings is 2. The monoisotopic (exact) mass is 445 g/mol. The van der Waals surface area contributed by atoms with Crippen molar-refractivity contribution in [2.45, 2.75) is 26.3 Å². The average Bonchev–Trinajstić information content (AvgIpc) is 3.33. The number of aryl methyl sites for hydroxylation is 1. The summed E-state index contributed by atoms with van der Waals surface area (Å²) in [5.74, 6) is 1.71. The van der Waals surface area contributed by atoms with Crippen molar-refractivity contribution in [1.29, 1.82) is 0 Å². The second-order valence-electron chi connectivity index (χ2n) is 9.08. The largest absolute Gasteiger partial charge is 0.368 e. The Morgan fingerprint density at radius 1 is 0.970 bits per heavy atom. The molecule has 0 radical (unpaired) electrons. The van der Waals surface area contributed by atoms with Crippen LogP contribution < -0.4 is 4.90 Å². The van der Waals surface area contributed by atoms with E-state index in [4.69, 9.17) is 4.52 Å². The van der Waals surface area contributed by atoms with Gasteiger partial charge in [-0.05, 0) is 51.1 Å². The maximum Gasteiger partial charge on any atom is 0.241 e. The predicted octanol–water partition coefficient (Wildman–Crippen LogP) is 3.61. The molecule has 0 aliphatic carbocycles. The van der Waals surface area contributed by atoms with Crippen molar-refractivity contribution in [2.24, 2.45) is 5.92 Å². The van der Waals surface area contributed by atoms with Crippen LogP contribution in [0.25, 0.3) is 11.4 Å². The van der Waals surface area contributed by atoms with Gasteiger partial charge in [-0.15, -0.1) is 0 Å². The molecule has 0 unspecified atom stereocenters. The Kier molecular flexibility index (Phi) is 6.39. The summed E-state index contributed by atoms with van der Waals surface area (Å²) in [7, 11) is 0. The molecule has 0 saturated carbocycles. The SMILES string of the molecule is Cc1cccc(-c2noc(CN3CCC(C(=O)N4CCN(c5ccccc5)CC4)CC3)n2)c1.